The third-order valence-corrected chi connectivity index (χ3v) is 1.68. The Morgan fingerprint density at radius 2 is 2.20 bits per heavy atom. The van der Waals surface area contributed by atoms with Gasteiger partial charge in [0.05, 0.1) is 0 Å². The lowest BCUT2D eigenvalue weighted by Crippen LogP contribution is -2.34. The minimum atomic E-state index is -0.736. The molecular weight excluding hydrogens is 202 g/mol. The highest BCUT2D eigenvalue weighted by Gasteiger charge is 2.09. The summed E-state index contributed by atoms with van der Waals surface area (Å²) in [5, 5.41) is 10.9. The Morgan fingerprint density at radius 1 is 1.47 bits per heavy atom. The summed E-state index contributed by atoms with van der Waals surface area (Å²) in [6.07, 6.45) is 1.46. The van der Waals surface area contributed by atoms with Crippen LogP contribution < -0.4 is 16.6 Å². The van der Waals surface area contributed by atoms with E-state index in [1.165, 1.54) is 0 Å². The molecule has 0 unspecified atom stereocenters. The number of aromatic amines is 2. The Labute approximate surface area is 84.2 Å². The first-order chi connectivity index (χ1) is 7.15. The van der Waals surface area contributed by atoms with Gasteiger partial charge in [-0.15, -0.1) is 0 Å². The molecule has 15 heavy (non-hydrogen) atoms. The molecule has 0 saturated carbocycles. The van der Waals surface area contributed by atoms with E-state index in [0.717, 1.165) is 6.20 Å². The number of aromatic nitrogens is 2. The molecule has 0 aromatic carbocycles. The van der Waals surface area contributed by atoms with Crippen LogP contribution in [0.5, 0.6) is 0 Å². The zero-order chi connectivity index (χ0) is 11.3. The zero-order valence-electron chi connectivity index (χ0n) is 7.87. The molecule has 0 bridgehead atoms. The number of hydrogen-bond acceptors (Lipinski definition) is 4. The van der Waals surface area contributed by atoms with Gasteiger partial charge in [0.1, 0.15) is 5.56 Å². The van der Waals surface area contributed by atoms with Crippen molar-refractivity contribution in [2.45, 2.75) is 6.42 Å². The minimum Gasteiger partial charge on any atom is -0.396 e. The van der Waals surface area contributed by atoms with Crippen molar-refractivity contribution in [1.29, 1.82) is 0 Å². The van der Waals surface area contributed by atoms with Gasteiger partial charge in [-0.05, 0) is 6.42 Å². The SMILES string of the molecule is O=C(NCCCO)c1c[nH]c(=O)[nH]c1=O. The number of hydrogen-bond donors (Lipinski definition) is 4. The number of rotatable bonds is 4. The van der Waals surface area contributed by atoms with Crippen molar-refractivity contribution in [3.8, 4) is 0 Å². The van der Waals surface area contributed by atoms with Crippen LogP contribution in [0, 0.1) is 0 Å². The highest BCUT2D eigenvalue weighted by molar-refractivity contribution is 5.93. The molecule has 7 nitrogen and oxygen atoms in total. The van der Waals surface area contributed by atoms with Crippen LogP contribution in [-0.4, -0.2) is 34.1 Å². The summed E-state index contributed by atoms with van der Waals surface area (Å²) in [5.74, 6) is -0.582. The molecule has 7 heteroatoms. The molecule has 0 aliphatic carbocycles. The number of carbonyl (C=O) groups is 1. The number of nitrogens with one attached hydrogen (secondary N) is 3. The van der Waals surface area contributed by atoms with Gasteiger partial charge in [-0.2, -0.15) is 0 Å². The number of aliphatic hydroxyl groups excluding tert-OH is 1. The van der Waals surface area contributed by atoms with Gasteiger partial charge >= 0.3 is 5.69 Å². The van der Waals surface area contributed by atoms with E-state index in [1.54, 1.807) is 0 Å². The minimum absolute atomic E-state index is 0.0394. The van der Waals surface area contributed by atoms with Crippen LogP contribution in [0.25, 0.3) is 0 Å². The molecule has 4 N–H and O–H groups in total. The van der Waals surface area contributed by atoms with Crippen molar-refractivity contribution in [2.24, 2.45) is 0 Å². The van der Waals surface area contributed by atoms with Crippen LogP contribution in [0.15, 0.2) is 15.8 Å². The lowest BCUT2D eigenvalue weighted by atomic mass is 10.3. The predicted octanol–water partition coefficient (Wildman–Crippen LogP) is -1.82. The number of amides is 1. The molecule has 1 rings (SSSR count). The van der Waals surface area contributed by atoms with Crippen molar-refractivity contribution in [2.75, 3.05) is 13.2 Å². The first-order valence-electron chi connectivity index (χ1n) is 4.36. The Kier molecular flexibility index (Phi) is 3.81. The maximum absolute atomic E-state index is 11.3. The molecule has 1 heterocycles. The highest BCUT2D eigenvalue weighted by atomic mass is 16.3. The van der Waals surface area contributed by atoms with E-state index in [4.69, 9.17) is 5.11 Å². The topological polar surface area (TPSA) is 115 Å². The monoisotopic (exact) mass is 213 g/mol. The van der Waals surface area contributed by atoms with Gasteiger partial charge in [0.2, 0.25) is 0 Å². The van der Waals surface area contributed by atoms with Crippen molar-refractivity contribution in [3.05, 3.63) is 32.6 Å². The summed E-state index contributed by atoms with van der Waals surface area (Å²) in [5.41, 5.74) is -1.56. The summed E-state index contributed by atoms with van der Waals surface area (Å²) in [4.78, 5) is 37.2. The largest absolute Gasteiger partial charge is 0.396 e. The van der Waals surface area contributed by atoms with Gasteiger partial charge in [-0.1, -0.05) is 0 Å². The average molecular weight is 213 g/mol. The summed E-state index contributed by atoms with van der Waals surface area (Å²) >= 11 is 0. The van der Waals surface area contributed by atoms with Gasteiger partial charge in [-0.3, -0.25) is 14.6 Å². The normalized spacial score (nSPS) is 9.93. The van der Waals surface area contributed by atoms with Crippen molar-refractivity contribution in [1.82, 2.24) is 15.3 Å². The number of carbonyl (C=O) groups excluding carboxylic acids is 1. The third-order valence-electron chi connectivity index (χ3n) is 1.68. The molecule has 0 radical (unpaired) electrons. The van der Waals surface area contributed by atoms with Crippen molar-refractivity contribution < 1.29 is 9.90 Å². The van der Waals surface area contributed by atoms with Gasteiger partial charge in [0, 0.05) is 19.3 Å². The Bertz CT molecular complexity index is 448. The van der Waals surface area contributed by atoms with Gasteiger partial charge in [0.15, 0.2) is 0 Å². The first kappa shape index (κ1) is 11.2. The van der Waals surface area contributed by atoms with E-state index in [-0.39, 0.29) is 18.7 Å². The van der Waals surface area contributed by atoms with E-state index in [2.05, 4.69) is 10.3 Å². The van der Waals surface area contributed by atoms with Crippen LogP contribution in [-0.2, 0) is 0 Å². The zero-order valence-corrected chi connectivity index (χ0v) is 7.87. The molecule has 1 aromatic heterocycles. The second kappa shape index (κ2) is 5.11. The summed E-state index contributed by atoms with van der Waals surface area (Å²) in [6, 6.07) is 0. The second-order valence-corrected chi connectivity index (χ2v) is 2.82. The van der Waals surface area contributed by atoms with E-state index >= 15 is 0 Å². The molecule has 0 spiro atoms. The van der Waals surface area contributed by atoms with Crippen LogP contribution in [0.3, 0.4) is 0 Å². The van der Waals surface area contributed by atoms with Gasteiger partial charge in [-0.25, -0.2) is 4.79 Å². The first-order valence-corrected chi connectivity index (χ1v) is 4.36. The predicted molar refractivity (Wildman–Crippen MR) is 51.7 cm³/mol. The lowest BCUT2D eigenvalue weighted by Gasteiger charge is -2.01. The fourth-order valence-electron chi connectivity index (χ4n) is 0.955. The Morgan fingerprint density at radius 3 is 2.80 bits per heavy atom. The van der Waals surface area contributed by atoms with Crippen LogP contribution >= 0.6 is 0 Å². The summed E-state index contributed by atoms with van der Waals surface area (Å²) in [7, 11) is 0. The average Bonchev–Trinajstić information content (AvgIpc) is 2.17. The molecular formula is C8H11N3O4. The number of aliphatic hydroxyl groups is 1. The van der Waals surface area contributed by atoms with Crippen molar-refractivity contribution in [3.63, 3.8) is 0 Å². The molecule has 0 aliphatic rings. The molecule has 82 valence electrons. The molecule has 0 atom stereocenters. The molecule has 0 aliphatic heterocycles. The molecule has 0 saturated heterocycles. The Balaban J connectivity index is 2.74. The molecule has 1 amide bonds. The van der Waals surface area contributed by atoms with Gasteiger partial charge < -0.3 is 15.4 Å². The number of H-pyrrole nitrogens is 2. The van der Waals surface area contributed by atoms with E-state index in [9.17, 15) is 14.4 Å². The van der Waals surface area contributed by atoms with Crippen molar-refractivity contribution >= 4 is 5.91 Å². The lowest BCUT2D eigenvalue weighted by molar-refractivity contribution is 0.0949. The van der Waals surface area contributed by atoms with Crippen LogP contribution in [0.4, 0.5) is 0 Å². The molecule has 0 fully saturated rings. The van der Waals surface area contributed by atoms with Crippen LogP contribution in [0.2, 0.25) is 0 Å². The maximum Gasteiger partial charge on any atom is 0.325 e. The standard InChI is InChI=1S/C8H11N3O4/c12-3-1-2-9-6(13)5-4-10-8(15)11-7(5)14/h4,12H,1-3H2,(H,9,13)(H2,10,11,14,15). The Hall–Kier alpha value is -1.89. The van der Waals surface area contributed by atoms with E-state index < -0.39 is 17.2 Å². The van der Waals surface area contributed by atoms with Crippen LogP contribution in [0.1, 0.15) is 16.8 Å². The summed E-state index contributed by atoms with van der Waals surface area (Å²) < 4.78 is 0. The fraction of sp³-hybridized carbons (Fsp3) is 0.375. The second-order valence-electron chi connectivity index (χ2n) is 2.82. The fourth-order valence-corrected chi connectivity index (χ4v) is 0.955. The van der Waals surface area contributed by atoms with Gasteiger partial charge in [0.25, 0.3) is 11.5 Å². The maximum atomic E-state index is 11.3. The van der Waals surface area contributed by atoms with E-state index in [1.807, 2.05) is 4.98 Å². The summed E-state index contributed by atoms with van der Waals surface area (Å²) in [6.45, 7) is 0.232. The third kappa shape index (κ3) is 3.06. The quantitative estimate of drug-likeness (QED) is 0.440. The van der Waals surface area contributed by atoms with E-state index in [0.29, 0.717) is 6.42 Å². The smallest absolute Gasteiger partial charge is 0.325 e. The highest BCUT2D eigenvalue weighted by Crippen LogP contribution is 1.84. The molecule has 1 aromatic rings.